The third-order valence-corrected chi connectivity index (χ3v) is 2.51. The molecule has 0 aliphatic rings. The lowest BCUT2D eigenvalue weighted by molar-refractivity contribution is -0.146. The maximum atomic E-state index is 10.9. The van der Waals surface area contributed by atoms with Crippen LogP contribution in [-0.2, 0) is 4.79 Å². The fraction of sp³-hybridized carbons (Fsp3) is 0.615. The van der Waals surface area contributed by atoms with Crippen LogP contribution in [0.2, 0.25) is 0 Å². The minimum absolute atomic E-state index is 0.593. The van der Waals surface area contributed by atoms with Crippen LogP contribution in [0.5, 0.6) is 0 Å². The highest BCUT2D eigenvalue weighted by molar-refractivity contribution is 5.74. The van der Waals surface area contributed by atoms with Gasteiger partial charge in [0.15, 0.2) is 0 Å². The Morgan fingerprint density at radius 3 is 2.07 bits per heavy atom. The molecule has 86 valence electrons. The van der Waals surface area contributed by atoms with Gasteiger partial charge in [0.1, 0.15) is 0 Å². The van der Waals surface area contributed by atoms with Gasteiger partial charge < -0.3 is 5.11 Å². The number of hydrogen-bond donors (Lipinski definition) is 1. The SMILES string of the molecule is CC/C(C)=C\C=C(/C)CC(C)(C)C(=O)O. The summed E-state index contributed by atoms with van der Waals surface area (Å²) in [6.45, 7) is 9.67. The lowest BCUT2D eigenvalue weighted by Crippen LogP contribution is -2.23. The molecule has 15 heavy (non-hydrogen) atoms. The van der Waals surface area contributed by atoms with E-state index in [1.165, 1.54) is 5.57 Å². The molecule has 2 heteroatoms. The molecule has 0 amide bonds. The Hall–Kier alpha value is -1.05. The van der Waals surface area contributed by atoms with E-state index in [2.05, 4.69) is 19.9 Å². The lowest BCUT2D eigenvalue weighted by atomic mass is 9.86. The summed E-state index contributed by atoms with van der Waals surface area (Å²) in [4.78, 5) is 10.9. The summed E-state index contributed by atoms with van der Waals surface area (Å²) in [5.74, 6) is -0.744. The molecule has 0 aromatic carbocycles. The average Bonchev–Trinajstić information content (AvgIpc) is 2.13. The van der Waals surface area contributed by atoms with Crippen molar-refractivity contribution in [3.8, 4) is 0 Å². The zero-order valence-electron chi connectivity index (χ0n) is 10.4. The van der Waals surface area contributed by atoms with Crippen molar-refractivity contribution in [1.82, 2.24) is 0 Å². The molecule has 0 aliphatic heterocycles. The Labute approximate surface area is 92.7 Å². The van der Waals surface area contributed by atoms with Gasteiger partial charge in [-0.05, 0) is 40.5 Å². The summed E-state index contributed by atoms with van der Waals surface area (Å²) in [7, 11) is 0. The van der Waals surface area contributed by atoms with Gasteiger partial charge in [0, 0.05) is 0 Å². The highest BCUT2D eigenvalue weighted by atomic mass is 16.4. The highest BCUT2D eigenvalue weighted by Gasteiger charge is 2.26. The van der Waals surface area contributed by atoms with E-state index >= 15 is 0 Å². The summed E-state index contributed by atoms with van der Waals surface area (Å²) in [5, 5.41) is 8.97. The number of rotatable bonds is 5. The second kappa shape index (κ2) is 5.74. The fourth-order valence-corrected chi connectivity index (χ4v) is 1.23. The highest BCUT2D eigenvalue weighted by Crippen LogP contribution is 2.25. The van der Waals surface area contributed by atoms with Crippen molar-refractivity contribution in [1.29, 1.82) is 0 Å². The van der Waals surface area contributed by atoms with E-state index in [1.54, 1.807) is 13.8 Å². The van der Waals surface area contributed by atoms with Crippen LogP contribution >= 0.6 is 0 Å². The van der Waals surface area contributed by atoms with E-state index in [4.69, 9.17) is 5.11 Å². The molecule has 2 nitrogen and oxygen atoms in total. The molecule has 0 rings (SSSR count). The van der Waals surface area contributed by atoms with Gasteiger partial charge in [0.25, 0.3) is 0 Å². The van der Waals surface area contributed by atoms with E-state index < -0.39 is 11.4 Å². The first-order valence-electron chi connectivity index (χ1n) is 5.36. The third-order valence-electron chi connectivity index (χ3n) is 2.51. The maximum Gasteiger partial charge on any atom is 0.309 e. The van der Waals surface area contributed by atoms with Gasteiger partial charge in [0.2, 0.25) is 0 Å². The van der Waals surface area contributed by atoms with E-state index in [9.17, 15) is 4.79 Å². The minimum atomic E-state index is -0.744. The van der Waals surface area contributed by atoms with E-state index in [0.29, 0.717) is 6.42 Å². The number of aliphatic carboxylic acids is 1. The monoisotopic (exact) mass is 210 g/mol. The fourth-order valence-electron chi connectivity index (χ4n) is 1.23. The number of carbonyl (C=O) groups is 1. The Morgan fingerprint density at radius 1 is 1.20 bits per heavy atom. The average molecular weight is 210 g/mol. The van der Waals surface area contributed by atoms with Gasteiger partial charge >= 0.3 is 5.97 Å². The second-order valence-corrected chi connectivity index (χ2v) is 4.75. The maximum absolute atomic E-state index is 10.9. The summed E-state index contributed by atoms with van der Waals surface area (Å²) < 4.78 is 0. The smallest absolute Gasteiger partial charge is 0.309 e. The van der Waals surface area contributed by atoms with E-state index in [-0.39, 0.29) is 0 Å². The van der Waals surface area contributed by atoms with Crippen molar-refractivity contribution in [2.24, 2.45) is 5.41 Å². The van der Waals surface area contributed by atoms with Gasteiger partial charge in [-0.25, -0.2) is 0 Å². The summed E-state index contributed by atoms with van der Waals surface area (Å²) >= 11 is 0. The third kappa shape index (κ3) is 5.40. The van der Waals surface area contributed by atoms with Crippen LogP contribution in [0.4, 0.5) is 0 Å². The number of hydrogen-bond acceptors (Lipinski definition) is 1. The van der Waals surface area contributed by atoms with Crippen LogP contribution in [0.15, 0.2) is 23.3 Å². The molecule has 0 spiro atoms. The zero-order chi connectivity index (χ0) is 12.1. The molecule has 0 aromatic heterocycles. The van der Waals surface area contributed by atoms with Crippen LogP contribution in [0, 0.1) is 5.41 Å². The molecular formula is C13H22O2. The van der Waals surface area contributed by atoms with Gasteiger partial charge in [-0.15, -0.1) is 0 Å². The zero-order valence-corrected chi connectivity index (χ0v) is 10.4. The molecule has 0 aliphatic carbocycles. The number of carboxylic acid groups (broad SMARTS) is 1. The Bertz CT molecular complexity index is 283. The molecule has 0 saturated heterocycles. The van der Waals surface area contributed by atoms with Crippen molar-refractivity contribution in [2.75, 3.05) is 0 Å². The Balaban J connectivity index is 4.49. The Kier molecular flexibility index (Phi) is 5.34. The van der Waals surface area contributed by atoms with Crippen LogP contribution in [-0.4, -0.2) is 11.1 Å². The van der Waals surface area contributed by atoms with Gasteiger partial charge in [-0.1, -0.05) is 30.2 Å². The predicted molar refractivity (Wildman–Crippen MR) is 63.8 cm³/mol. The number of carboxylic acids is 1. The molecular weight excluding hydrogens is 188 g/mol. The molecule has 0 atom stereocenters. The molecule has 0 heterocycles. The molecule has 0 aromatic rings. The first-order chi connectivity index (χ1) is 6.79. The van der Waals surface area contributed by atoms with Gasteiger partial charge in [-0.2, -0.15) is 0 Å². The second-order valence-electron chi connectivity index (χ2n) is 4.75. The quantitative estimate of drug-likeness (QED) is 0.701. The summed E-state index contributed by atoms with van der Waals surface area (Å²) in [5.41, 5.74) is 1.74. The molecule has 0 saturated carbocycles. The van der Waals surface area contributed by atoms with Crippen molar-refractivity contribution >= 4 is 5.97 Å². The van der Waals surface area contributed by atoms with Gasteiger partial charge in [-0.3, -0.25) is 4.79 Å². The lowest BCUT2D eigenvalue weighted by Gasteiger charge is -2.18. The summed E-state index contributed by atoms with van der Waals surface area (Å²) in [6.07, 6.45) is 5.71. The van der Waals surface area contributed by atoms with Crippen LogP contribution < -0.4 is 0 Å². The van der Waals surface area contributed by atoms with E-state index in [0.717, 1.165) is 12.0 Å². The molecule has 0 unspecified atom stereocenters. The standard InChI is InChI=1S/C13H22O2/c1-6-10(2)7-8-11(3)9-13(4,5)12(14)15/h7-8H,6,9H2,1-5H3,(H,14,15)/b10-7-,11-8+. The largest absolute Gasteiger partial charge is 0.481 e. The van der Waals surface area contributed by atoms with Crippen LogP contribution in [0.1, 0.15) is 47.5 Å². The molecule has 0 radical (unpaired) electrons. The number of allylic oxidation sites excluding steroid dienone is 4. The van der Waals surface area contributed by atoms with Crippen molar-refractivity contribution in [2.45, 2.75) is 47.5 Å². The van der Waals surface area contributed by atoms with Crippen LogP contribution in [0.25, 0.3) is 0 Å². The van der Waals surface area contributed by atoms with Crippen molar-refractivity contribution < 1.29 is 9.90 Å². The van der Waals surface area contributed by atoms with E-state index in [1.807, 2.05) is 13.0 Å². The van der Waals surface area contributed by atoms with Gasteiger partial charge in [0.05, 0.1) is 5.41 Å². The topological polar surface area (TPSA) is 37.3 Å². The Morgan fingerprint density at radius 2 is 1.67 bits per heavy atom. The molecule has 0 fully saturated rings. The summed E-state index contributed by atoms with van der Waals surface area (Å²) in [6, 6.07) is 0. The molecule has 0 bridgehead atoms. The minimum Gasteiger partial charge on any atom is -0.481 e. The van der Waals surface area contributed by atoms with Crippen molar-refractivity contribution in [3.63, 3.8) is 0 Å². The molecule has 1 N–H and O–H groups in total. The van der Waals surface area contributed by atoms with Crippen LogP contribution in [0.3, 0.4) is 0 Å². The van der Waals surface area contributed by atoms with Crippen molar-refractivity contribution in [3.05, 3.63) is 23.3 Å². The normalized spacial score (nSPS) is 14.2. The first kappa shape index (κ1) is 13.9. The first-order valence-corrected chi connectivity index (χ1v) is 5.36. The predicted octanol–water partition coefficient (Wildman–Crippen LogP) is 3.79.